The second kappa shape index (κ2) is 8.56. The molecule has 1 N–H and O–H groups in total. The van der Waals surface area contributed by atoms with Crippen molar-refractivity contribution < 1.29 is 14.3 Å². The number of hydrogen-bond donors (Lipinski definition) is 1. The Hall–Kier alpha value is -2.49. The van der Waals surface area contributed by atoms with Gasteiger partial charge in [0.15, 0.2) is 6.10 Å². The summed E-state index contributed by atoms with van der Waals surface area (Å²) in [6, 6.07) is 13.7. The van der Waals surface area contributed by atoms with E-state index in [9.17, 15) is 4.79 Å². The van der Waals surface area contributed by atoms with E-state index in [1.165, 1.54) is 0 Å². The fourth-order valence-corrected chi connectivity index (χ4v) is 2.59. The molecular weight excluding hydrogens is 314 g/mol. The third kappa shape index (κ3) is 6.14. The first-order chi connectivity index (χ1) is 11.8. The van der Waals surface area contributed by atoms with Crippen LogP contribution in [0.15, 0.2) is 42.5 Å². The Kier molecular flexibility index (Phi) is 6.45. The Morgan fingerprint density at radius 2 is 1.64 bits per heavy atom. The molecule has 0 aromatic heterocycles. The SMILES string of the molecule is Cc1cc(C)cc(OC(C)C(=O)NCc2cccc(OC(C)C)c2)c1. The van der Waals surface area contributed by atoms with Crippen LogP contribution in [0.1, 0.15) is 37.5 Å². The number of aryl methyl sites for hydroxylation is 2. The van der Waals surface area contributed by atoms with E-state index in [1.807, 2.05) is 64.1 Å². The van der Waals surface area contributed by atoms with Crippen LogP contribution in [-0.2, 0) is 11.3 Å². The fraction of sp³-hybridized carbons (Fsp3) is 0.381. The quantitative estimate of drug-likeness (QED) is 0.822. The highest BCUT2D eigenvalue weighted by Gasteiger charge is 2.14. The van der Waals surface area contributed by atoms with E-state index in [0.29, 0.717) is 12.3 Å². The molecule has 0 saturated carbocycles. The fourth-order valence-electron chi connectivity index (χ4n) is 2.59. The van der Waals surface area contributed by atoms with Crippen LogP contribution >= 0.6 is 0 Å². The summed E-state index contributed by atoms with van der Waals surface area (Å²) in [5.41, 5.74) is 3.22. The van der Waals surface area contributed by atoms with Gasteiger partial charge in [-0.2, -0.15) is 0 Å². The lowest BCUT2D eigenvalue weighted by Crippen LogP contribution is -2.35. The summed E-state index contributed by atoms with van der Waals surface area (Å²) in [5, 5.41) is 2.91. The van der Waals surface area contributed by atoms with Crippen molar-refractivity contribution in [3.63, 3.8) is 0 Å². The summed E-state index contributed by atoms with van der Waals surface area (Å²) < 4.78 is 11.4. The number of amides is 1. The van der Waals surface area contributed by atoms with Crippen molar-refractivity contribution >= 4 is 5.91 Å². The molecule has 1 atom stereocenters. The molecule has 0 radical (unpaired) electrons. The lowest BCUT2D eigenvalue weighted by atomic mass is 10.1. The first kappa shape index (κ1) is 18.8. The van der Waals surface area contributed by atoms with Crippen LogP contribution in [0.4, 0.5) is 0 Å². The number of benzene rings is 2. The minimum atomic E-state index is -0.559. The van der Waals surface area contributed by atoms with Gasteiger partial charge in [0.05, 0.1) is 6.10 Å². The molecule has 0 heterocycles. The van der Waals surface area contributed by atoms with Gasteiger partial charge in [0.25, 0.3) is 5.91 Å². The average molecular weight is 341 g/mol. The lowest BCUT2D eigenvalue weighted by Gasteiger charge is -2.16. The Bertz CT molecular complexity index is 705. The number of carbonyl (C=O) groups is 1. The maximum absolute atomic E-state index is 12.3. The molecule has 4 nitrogen and oxygen atoms in total. The molecule has 1 amide bonds. The third-order valence-electron chi connectivity index (χ3n) is 3.61. The van der Waals surface area contributed by atoms with Crippen LogP contribution in [0.25, 0.3) is 0 Å². The Balaban J connectivity index is 1.91. The van der Waals surface area contributed by atoms with Gasteiger partial charge in [-0.1, -0.05) is 18.2 Å². The van der Waals surface area contributed by atoms with Crippen LogP contribution in [0.5, 0.6) is 11.5 Å². The first-order valence-electron chi connectivity index (χ1n) is 8.62. The highest BCUT2D eigenvalue weighted by molar-refractivity contribution is 5.80. The van der Waals surface area contributed by atoms with E-state index in [2.05, 4.69) is 11.4 Å². The van der Waals surface area contributed by atoms with Gasteiger partial charge in [-0.15, -0.1) is 0 Å². The van der Waals surface area contributed by atoms with Crippen LogP contribution in [-0.4, -0.2) is 18.1 Å². The molecule has 0 aliphatic rings. The van der Waals surface area contributed by atoms with Gasteiger partial charge < -0.3 is 14.8 Å². The van der Waals surface area contributed by atoms with Crippen LogP contribution in [0.2, 0.25) is 0 Å². The van der Waals surface area contributed by atoms with E-state index < -0.39 is 6.10 Å². The highest BCUT2D eigenvalue weighted by atomic mass is 16.5. The van der Waals surface area contributed by atoms with Gasteiger partial charge in [-0.3, -0.25) is 4.79 Å². The van der Waals surface area contributed by atoms with Gasteiger partial charge in [0.1, 0.15) is 11.5 Å². The molecule has 0 saturated heterocycles. The van der Waals surface area contributed by atoms with E-state index in [1.54, 1.807) is 6.92 Å². The standard InChI is InChI=1S/C21H27NO3/c1-14(2)24-19-8-6-7-18(12-19)13-22-21(23)17(5)25-20-10-15(3)9-16(4)11-20/h6-12,14,17H,13H2,1-5H3,(H,22,23). The van der Waals surface area contributed by atoms with Crippen LogP contribution < -0.4 is 14.8 Å². The number of carbonyl (C=O) groups excluding carboxylic acids is 1. The zero-order chi connectivity index (χ0) is 18.4. The number of ether oxygens (including phenoxy) is 2. The number of nitrogens with one attached hydrogen (secondary N) is 1. The summed E-state index contributed by atoms with van der Waals surface area (Å²) in [5.74, 6) is 1.38. The number of rotatable bonds is 7. The molecule has 25 heavy (non-hydrogen) atoms. The smallest absolute Gasteiger partial charge is 0.261 e. The van der Waals surface area contributed by atoms with Crippen molar-refractivity contribution in [1.29, 1.82) is 0 Å². The summed E-state index contributed by atoms with van der Waals surface area (Å²) >= 11 is 0. The molecule has 0 spiro atoms. The normalized spacial score (nSPS) is 11.9. The van der Waals surface area contributed by atoms with Crippen LogP contribution in [0, 0.1) is 13.8 Å². The molecule has 0 bridgehead atoms. The Morgan fingerprint density at radius 3 is 2.28 bits per heavy atom. The van der Waals surface area contributed by atoms with Gasteiger partial charge >= 0.3 is 0 Å². The zero-order valence-electron chi connectivity index (χ0n) is 15.6. The minimum absolute atomic E-state index is 0.121. The summed E-state index contributed by atoms with van der Waals surface area (Å²) in [7, 11) is 0. The van der Waals surface area contributed by atoms with Gasteiger partial charge in [-0.05, 0) is 75.6 Å². The van der Waals surface area contributed by atoms with Gasteiger partial charge in [-0.25, -0.2) is 0 Å². The van der Waals surface area contributed by atoms with E-state index in [0.717, 1.165) is 22.4 Å². The van der Waals surface area contributed by atoms with Crippen molar-refractivity contribution in [1.82, 2.24) is 5.32 Å². The number of hydrogen-bond acceptors (Lipinski definition) is 3. The maximum Gasteiger partial charge on any atom is 0.261 e. The predicted octanol–water partition coefficient (Wildman–Crippen LogP) is 4.17. The van der Waals surface area contributed by atoms with Crippen molar-refractivity contribution in [2.45, 2.75) is 53.4 Å². The molecular formula is C21H27NO3. The molecule has 2 rings (SSSR count). The Labute approximate surface area is 150 Å². The van der Waals surface area contributed by atoms with Crippen molar-refractivity contribution in [2.75, 3.05) is 0 Å². The molecule has 1 unspecified atom stereocenters. The maximum atomic E-state index is 12.3. The summed E-state index contributed by atoms with van der Waals surface area (Å²) in [6.07, 6.45) is -0.438. The Morgan fingerprint density at radius 1 is 0.960 bits per heavy atom. The van der Waals surface area contributed by atoms with Crippen molar-refractivity contribution in [3.8, 4) is 11.5 Å². The molecule has 0 fully saturated rings. The predicted molar refractivity (Wildman–Crippen MR) is 100 cm³/mol. The van der Waals surface area contributed by atoms with Gasteiger partial charge in [0.2, 0.25) is 0 Å². The van der Waals surface area contributed by atoms with Crippen molar-refractivity contribution in [3.05, 3.63) is 59.2 Å². The first-order valence-corrected chi connectivity index (χ1v) is 8.62. The topological polar surface area (TPSA) is 47.6 Å². The largest absolute Gasteiger partial charge is 0.491 e. The second-order valence-electron chi connectivity index (χ2n) is 6.62. The average Bonchev–Trinajstić information content (AvgIpc) is 2.51. The molecule has 2 aromatic carbocycles. The third-order valence-corrected chi connectivity index (χ3v) is 3.61. The summed E-state index contributed by atoms with van der Waals surface area (Å²) in [4.78, 5) is 12.3. The zero-order valence-corrected chi connectivity index (χ0v) is 15.6. The molecule has 0 aliphatic heterocycles. The van der Waals surface area contributed by atoms with E-state index in [4.69, 9.17) is 9.47 Å². The van der Waals surface area contributed by atoms with Crippen molar-refractivity contribution in [2.24, 2.45) is 0 Å². The highest BCUT2D eigenvalue weighted by Crippen LogP contribution is 2.18. The summed E-state index contributed by atoms with van der Waals surface area (Å²) in [6.45, 7) is 10.2. The molecule has 4 heteroatoms. The second-order valence-corrected chi connectivity index (χ2v) is 6.62. The van der Waals surface area contributed by atoms with Gasteiger partial charge in [0, 0.05) is 6.54 Å². The minimum Gasteiger partial charge on any atom is -0.491 e. The monoisotopic (exact) mass is 341 g/mol. The molecule has 2 aromatic rings. The van der Waals surface area contributed by atoms with E-state index in [-0.39, 0.29) is 12.0 Å². The lowest BCUT2D eigenvalue weighted by molar-refractivity contribution is -0.127. The molecule has 0 aliphatic carbocycles. The molecule has 134 valence electrons. The van der Waals surface area contributed by atoms with Crippen LogP contribution in [0.3, 0.4) is 0 Å². The van der Waals surface area contributed by atoms with E-state index >= 15 is 0 Å².